The zero-order valence-corrected chi connectivity index (χ0v) is 8.70. The fourth-order valence-corrected chi connectivity index (χ4v) is 1.20. The van der Waals surface area contributed by atoms with E-state index in [1.807, 2.05) is 0 Å². The Morgan fingerprint density at radius 3 is 2.56 bits per heavy atom. The van der Waals surface area contributed by atoms with E-state index < -0.39 is 17.6 Å². The van der Waals surface area contributed by atoms with Gasteiger partial charge in [-0.1, -0.05) is 0 Å². The fraction of sp³-hybridized carbons (Fsp3) is 0.273. The summed E-state index contributed by atoms with van der Waals surface area (Å²) in [5.74, 6) is -2.04. The normalized spacial score (nSPS) is 9.88. The molecule has 0 heterocycles. The van der Waals surface area contributed by atoms with Gasteiger partial charge in [0, 0.05) is 12.0 Å². The number of carboxylic acids is 1. The number of ether oxygens (including phenoxy) is 1. The van der Waals surface area contributed by atoms with E-state index in [1.165, 1.54) is 19.2 Å². The smallest absolute Gasteiger partial charge is 0.303 e. The average molecular weight is 226 g/mol. The first-order valence-electron chi connectivity index (χ1n) is 4.63. The molecule has 0 unspecified atom stereocenters. The van der Waals surface area contributed by atoms with Crippen molar-refractivity contribution in [2.24, 2.45) is 0 Å². The molecule has 1 N–H and O–H groups in total. The predicted octanol–water partition coefficient (Wildman–Crippen LogP) is 1.88. The molecule has 0 radical (unpaired) electrons. The van der Waals surface area contributed by atoms with Crippen LogP contribution in [0.15, 0.2) is 18.2 Å². The third-order valence-electron chi connectivity index (χ3n) is 2.04. The Kier molecular flexibility index (Phi) is 3.99. The van der Waals surface area contributed by atoms with Gasteiger partial charge in [-0.05, 0) is 18.2 Å². The lowest BCUT2D eigenvalue weighted by molar-refractivity contribution is -0.136. The summed E-state index contributed by atoms with van der Waals surface area (Å²) in [5.41, 5.74) is 0.152. The molecule has 0 aliphatic heterocycles. The number of methoxy groups -OCH3 is 1. The van der Waals surface area contributed by atoms with E-state index in [2.05, 4.69) is 0 Å². The van der Waals surface area contributed by atoms with Crippen LogP contribution in [0.4, 0.5) is 4.39 Å². The van der Waals surface area contributed by atoms with Crippen molar-refractivity contribution < 1.29 is 23.8 Å². The average Bonchev–Trinajstić information content (AvgIpc) is 2.25. The van der Waals surface area contributed by atoms with Gasteiger partial charge in [0.2, 0.25) is 0 Å². The number of carbonyl (C=O) groups is 2. The quantitative estimate of drug-likeness (QED) is 0.778. The number of rotatable bonds is 5. The first-order chi connectivity index (χ1) is 7.54. The van der Waals surface area contributed by atoms with Crippen molar-refractivity contribution in [3.8, 4) is 5.75 Å². The Labute approximate surface area is 91.7 Å². The van der Waals surface area contributed by atoms with Crippen molar-refractivity contribution in [1.82, 2.24) is 0 Å². The van der Waals surface area contributed by atoms with E-state index in [0.717, 1.165) is 6.07 Å². The van der Waals surface area contributed by atoms with Gasteiger partial charge >= 0.3 is 5.97 Å². The lowest BCUT2D eigenvalue weighted by Gasteiger charge is -2.03. The maximum Gasteiger partial charge on any atom is 0.303 e. The minimum Gasteiger partial charge on any atom is -0.494 e. The summed E-state index contributed by atoms with van der Waals surface area (Å²) in [6.07, 6.45) is -0.395. The van der Waals surface area contributed by atoms with E-state index >= 15 is 0 Å². The fourth-order valence-electron chi connectivity index (χ4n) is 1.20. The molecule has 0 saturated carbocycles. The summed E-state index contributed by atoms with van der Waals surface area (Å²) >= 11 is 0. The van der Waals surface area contributed by atoms with Crippen LogP contribution in [0, 0.1) is 5.82 Å². The molecule has 4 nitrogen and oxygen atoms in total. The molecule has 0 amide bonds. The second-order valence-corrected chi connectivity index (χ2v) is 3.17. The highest BCUT2D eigenvalue weighted by Crippen LogP contribution is 2.18. The van der Waals surface area contributed by atoms with Crippen LogP contribution in [0.25, 0.3) is 0 Å². The summed E-state index contributed by atoms with van der Waals surface area (Å²) in [6.45, 7) is 0. The van der Waals surface area contributed by atoms with Crippen LogP contribution in [0.3, 0.4) is 0 Å². The van der Waals surface area contributed by atoms with Crippen LogP contribution in [0.5, 0.6) is 5.75 Å². The Balaban J connectivity index is 2.77. The SMILES string of the molecule is COc1ccc(C(=O)CCC(=O)O)cc1F. The van der Waals surface area contributed by atoms with E-state index in [-0.39, 0.29) is 24.2 Å². The molecule has 0 spiro atoms. The molecule has 0 atom stereocenters. The molecule has 86 valence electrons. The summed E-state index contributed by atoms with van der Waals surface area (Å²) in [5, 5.41) is 8.40. The highest BCUT2D eigenvalue weighted by Gasteiger charge is 2.11. The molecule has 16 heavy (non-hydrogen) atoms. The Morgan fingerprint density at radius 1 is 1.38 bits per heavy atom. The molecule has 0 aliphatic rings. The second kappa shape index (κ2) is 5.25. The number of hydrogen-bond donors (Lipinski definition) is 1. The van der Waals surface area contributed by atoms with Gasteiger partial charge in [0.05, 0.1) is 13.5 Å². The van der Waals surface area contributed by atoms with Crippen LogP contribution in [-0.2, 0) is 4.79 Å². The lowest BCUT2D eigenvalue weighted by atomic mass is 10.1. The minimum atomic E-state index is -1.05. The van der Waals surface area contributed by atoms with Gasteiger partial charge in [-0.3, -0.25) is 9.59 Å². The Bertz CT molecular complexity index is 414. The van der Waals surface area contributed by atoms with Gasteiger partial charge in [-0.15, -0.1) is 0 Å². The number of carbonyl (C=O) groups excluding carboxylic acids is 1. The minimum absolute atomic E-state index is 0.0507. The van der Waals surface area contributed by atoms with Gasteiger partial charge in [-0.25, -0.2) is 4.39 Å². The number of hydrogen-bond acceptors (Lipinski definition) is 3. The first-order valence-corrected chi connectivity index (χ1v) is 4.63. The molecular formula is C11H11FO4. The van der Waals surface area contributed by atoms with Crippen LogP contribution in [0.2, 0.25) is 0 Å². The number of carboxylic acid groups (broad SMARTS) is 1. The van der Waals surface area contributed by atoms with E-state index in [4.69, 9.17) is 9.84 Å². The number of Topliss-reactive ketones (excluding diaryl/α,β-unsaturated/α-hetero) is 1. The first kappa shape index (κ1) is 12.2. The standard InChI is InChI=1S/C11H11FO4/c1-16-10-4-2-7(6-8(10)12)9(13)3-5-11(14)15/h2,4,6H,3,5H2,1H3,(H,14,15). The summed E-state index contributed by atoms with van der Waals surface area (Å²) in [7, 11) is 1.32. The second-order valence-electron chi connectivity index (χ2n) is 3.17. The van der Waals surface area contributed by atoms with Crippen LogP contribution in [0.1, 0.15) is 23.2 Å². The number of benzene rings is 1. The zero-order chi connectivity index (χ0) is 12.1. The van der Waals surface area contributed by atoms with E-state index in [0.29, 0.717) is 0 Å². The molecule has 1 rings (SSSR count). The van der Waals surface area contributed by atoms with Gasteiger partial charge in [0.15, 0.2) is 17.3 Å². The van der Waals surface area contributed by atoms with E-state index in [9.17, 15) is 14.0 Å². The summed E-state index contributed by atoms with van der Waals surface area (Å²) in [4.78, 5) is 21.7. The molecule has 5 heteroatoms. The van der Waals surface area contributed by atoms with Crippen molar-refractivity contribution in [2.45, 2.75) is 12.8 Å². The highest BCUT2D eigenvalue weighted by molar-refractivity contribution is 5.97. The number of halogens is 1. The third kappa shape index (κ3) is 3.05. The topological polar surface area (TPSA) is 63.6 Å². The van der Waals surface area contributed by atoms with Crippen molar-refractivity contribution >= 4 is 11.8 Å². The van der Waals surface area contributed by atoms with Crippen molar-refractivity contribution in [1.29, 1.82) is 0 Å². The molecule has 0 aromatic heterocycles. The van der Waals surface area contributed by atoms with Crippen molar-refractivity contribution in [3.63, 3.8) is 0 Å². The maximum atomic E-state index is 13.2. The molecule has 1 aromatic carbocycles. The molecule has 0 saturated heterocycles. The molecular weight excluding hydrogens is 215 g/mol. The lowest BCUT2D eigenvalue weighted by Crippen LogP contribution is -2.04. The highest BCUT2D eigenvalue weighted by atomic mass is 19.1. The van der Waals surface area contributed by atoms with Crippen LogP contribution < -0.4 is 4.74 Å². The zero-order valence-electron chi connectivity index (χ0n) is 8.70. The van der Waals surface area contributed by atoms with Gasteiger partial charge < -0.3 is 9.84 Å². The van der Waals surface area contributed by atoms with E-state index in [1.54, 1.807) is 0 Å². The Morgan fingerprint density at radius 2 is 2.06 bits per heavy atom. The molecule has 0 bridgehead atoms. The predicted molar refractivity (Wildman–Crippen MR) is 54.2 cm³/mol. The van der Waals surface area contributed by atoms with Gasteiger partial charge in [0.25, 0.3) is 0 Å². The van der Waals surface area contributed by atoms with Crippen LogP contribution >= 0.6 is 0 Å². The molecule has 0 aliphatic carbocycles. The van der Waals surface area contributed by atoms with Gasteiger partial charge in [0.1, 0.15) is 0 Å². The largest absolute Gasteiger partial charge is 0.494 e. The maximum absolute atomic E-state index is 13.2. The number of aliphatic carboxylic acids is 1. The monoisotopic (exact) mass is 226 g/mol. The summed E-state index contributed by atoms with van der Waals surface area (Å²) in [6, 6.07) is 3.79. The van der Waals surface area contributed by atoms with Crippen LogP contribution in [-0.4, -0.2) is 24.0 Å². The molecule has 1 aromatic rings. The van der Waals surface area contributed by atoms with Gasteiger partial charge in [-0.2, -0.15) is 0 Å². The summed E-state index contributed by atoms with van der Waals surface area (Å²) < 4.78 is 17.9. The van der Waals surface area contributed by atoms with Crippen molar-refractivity contribution in [3.05, 3.63) is 29.6 Å². The van der Waals surface area contributed by atoms with Crippen molar-refractivity contribution in [2.75, 3.05) is 7.11 Å². The molecule has 0 fully saturated rings. The third-order valence-corrected chi connectivity index (χ3v) is 2.04. The number of ketones is 1. The Hall–Kier alpha value is -1.91.